The number of piperidine rings is 1. The normalized spacial score (nSPS) is 31.7. The van der Waals surface area contributed by atoms with Gasteiger partial charge in [-0.15, -0.1) is 0 Å². The minimum absolute atomic E-state index is 0.442. The molecular weight excluding hydrogens is 172 g/mol. The lowest BCUT2D eigenvalue weighted by atomic mass is 10.00. The van der Waals surface area contributed by atoms with E-state index in [4.69, 9.17) is 5.73 Å². The molecule has 0 spiro atoms. The highest BCUT2D eigenvalue weighted by atomic mass is 15.2. The van der Waals surface area contributed by atoms with Gasteiger partial charge in [-0.25, -0.2) is 0 Å². The van der Waals surface area contributed by atoms with Crippen LogP contribution in [0.3, 0.4) is 0 Å². The van der Waals surface area contributed by atoms with E-state index >= 15 is 0 Å². The Hall–Kier alpha value is -0.0800. The fraction of sp³-hybridized carbons (Fsp3) is 1.00. The van der Waals surface area contributed by atoms with E-state index in [0.29, 0.717) is 6.04 Å². The van der Waals surface area contributed by atoms with Crippen molar-refractivity contribution in [2.45, 2.75) is 57.5 Å². The smallest absolute Gasteiger partial charge is 0.0168 e. The zero-order chi connectivity index (χ0) is 9.97. The van der Waals surface area contributed by atoms with Crippen LogP contribution >= 0.6 is 0 Å². The second-order valence-electron chi connectivity index (χ2n) is 5.14. The van der Waals surface area contributed by atoms with E-state index in [1.807, 2.05) is 0 Å². The predicted octanol–water partition coefficient (Wildman–Crippen LogP) is 1.99. The zero-order valence-corrected chi connectivity index (χ0v) is 9.41. The van der Waals surface area contributed by atoms with Crippen molar-refractivity contribution in [2.24, 2.45) is 11.7 Å². The fourth-order valence-corrected chi connectivity index (χ4v) is 2.68. The molecule has 2 heteroatoms. The third-order valence-electron chi connectivity index (χ3n) is 3.78. The maximum absolute atomic E-state index is 6.02. The number of nitrogens with two attached hydrogens (primary N) is 1. The van der Waals surface area contributed by atoms with E-state index in [9.17, 15) is 0 Å². The van der Waals surface area contributed by atoms with Gasteiger partial charge in [-0.1, -0.05) is 19.8 Å². The topological polar surface area (TPSA) is 29.3 Å². The SMILES string of the molecule is CCC(CC1CC1)N1CCCC(N)C1. The van der Waals surface area contributed by atoms with E-state index in [2.05, 4.69) is 11.8 Å². The Kier molecular flexibility index (Phi) is 3.45. The first-order valence-electron chi connectivity index (χ1n) is 6.29. The Morgan fingerprint density at radius 1 is 1.36 bits per heavy atom. The molecule has 2 unspecified atom stereocenters. The van der Waals surface area contributed by atoms with Crippen LogP contribution in [0.1, 0.15) is 45.4 Å². The van der Waals surface area contributed by atoms with Crippen LogP contribution in [0.2, 0.25) is 0 Å². The van der Waals surface area contributed by atoms with E-state index in [1.165, 1.54) is 45.1 Å². The summed E-state index contributed by atoms with van der Waals surface area (Å²) < 4.78 is 0. The lowest BCUT2D eigenvalue weighted by Gasteiger charge is -2.37. The van der Waals surface area contributed by atoms with Crippen LogP contribution in [0.15, 0.2) is 0 Å². The van der Waals surface area contributed by atoms with E-state index in [0.717, 1.165) is 18.5 Å². The van der Waals surface area contributed by atoms with Crippen LogP contribution in [0.25, 0.3) is 0 Å². The Morgan fingerprint density at radius 3 is 2.71 bits per heavy atom. The molecule has 0 aromatic carbocycles. The molecule has 2 fully saturated rings. The van der Waals surface area contributed by atoms with Crippen molar-refractivity contribution in [3.63, 3.8) is 0 Å². The molecule has 0 aromatic rings. The summed E-state index contributed by atoms with van der Waals surface area (Å²) in [5.74, 6) is 1.05. The monoisotopic (exact) mass is 196 g/mol. The van der Waals surface area contributed by atoms with Gasteiger partial charge in [0.15, 0.2) is 0 Å². The maximum Gasteiger partial charge on any atom is 0.0168 e. The lowest BCUT2D eigenvalue weighted by Crippen LogP contribution is -2.47. The van der Waals surface area contributed by atoms with Crippen molar-refractivity contribution in [2.75, 3.05) is 13.1 Å². The largest absolute Gasteiger partial charge is 0.327 e. The van der Waals surface area contributed by atoms with Crippen LogP contribution in [0.5, 0.6) is 0 Å². The van der Waals surface area contributed by atoms with Gasteiger partial charge in [-0.2, -0.15) is 0 Å². The quantitative estimate of drug-likeness (QED) is 0.745. The van der Waals surface area contributed by atoms with Gasteiger partial charge in [0, 0.05) is 18.6 Å². The highest BCUT2D eigenvalue weighted by Gasteiger charge is 2.29. The highest BCUT2D eigenvalue weighted by molar-refractivity contribution is 4.85. The molecule has 82 valence electrons. The molecule has 2 aliphatic rings. The molecule has 1 aliphatic carbocycles. The van der Waals surface area contributed by atoms with Crippen LogP contribution in [-0.2, 0) is 0 Å². The number of likely N-dealkylation sites (tertiary alicyclic amines) is 1. The molecule has 1 heterocycles. The molecule has 2 rings (SSSR count). The molecule has 2 atom stereocenters. The first-order valence-corrected chi connectivity index (χ1v) is 6.29. The zero-order valence-electron chi connectivity index (χ0n) is 9.41. The number of rotatable bonds is 4. The van der Waals surface area contributed by atoms with E-state index in [-0.39, 0.29) is 0 Å². The first kappa shape index (κ1) is 10.4. The second kappa shape index (κ2) is 4.63. The van der Waals surface area contributed by atoms with Crippen molar-refractivity contribution in [3.05, 3.63) is 0 Å². The molecular formula is C12H24N2. The molecule has 1 saturated heterocycles. The molecule has 0 aromatic heterocycles. The van der Waals surface area contributed by atoms with Crippen LogP contribution in [-0.4, -0.2) is 30.1 Å². The van der Waals surface area contributed by atoms with Crippen molar-refractivity contribution < 1.29 is 0 Å². The van der Waals surface area contributed by atoms with Gasteiger partial charge in [0.25, 0.3) is 0 Å². The first-order chi connectivity index (χ1) is 6.79. The Labute approximate surface area is 87.8 Å². The maximum atomic E-state index is 6.02. The number of nitrogens with zero attached hydrogens (tertiary/aromatic N) is 1. The van der Waals surface area contributed by atoms with Gasteiger partial charge >= 0.3 is 0 Å². The van der Waals surface area contributed by atoms with Gasteiger partial charge in [0.2, 0.25) is 0 Å². The van der Waals surface area contributed by atoms with Crippen molar-refractivity contribution >= 4 is 0 Å². The average molecular weight is 196 g/mol. The van der Waals surface area contributed by atoms with Gasteiger partial charge in [0.1, 0.15) is 0 Å². The van der Waals surface area contributed by atoms with Gasteiger partial charge in [-0.3, -0.25) is 4.90 Å². The minimum atomic E-state index is 0.442. The molecule has 2 nitrogen and oxygen atoms in total. The Bertz CT molecular complexity index is 175. The Morgan fingerprint density at radius 2 is 2.14 bits per heavy atom. The molecule has 0 bridgehead atoms. The molecule has 1 aliphatic heterocycles. The second-order valence-corrected chi connectivity index (χ2v) is 5.14. The van der Waals surface area contributed by atoms with Crippen LogP contribution < -0.4 is 5.73 Å². The molecule has 2 N–H and O–H groups in total. The Balaban J connectivity index is 1.82. The summed E-state index contributed by atoms with van der Waals surface area (Å²) in [5, 5.41) is 0. The lowest BCUT2D eigenvalue weighted by molar-refractivity contribution is 0.134. The summed E-state index contributed by atoms with van der Waals surface area (Å²) in [5.41, 5.74) is 6.02. The van der Waals surface area contributed by atoms with E-state index < -0.39 is 0 Å². The summed E-state index contributed by atoms with van der Waals surface area (Å²) >= 11 is 0. The molecule has 0 amide bonds. The predicted molar refractivity (Wildman–Crippen MR) is 60.2 cm³/mol. The summed E-state index contributed by atoms with van der Waals surface area (Å²) in [6.07, 6.45) is 8.25. The third-order valence-corrected chi connectivity index (χ3v) is 3.78. The summed E-state index contributed by atoms with van der Waals surface area (Å²) in [4.78, 5) is 2.65. The van der Waals surface area contributed by atoms with Gasteiger partial charge in [0.05, 0.1) is 0 Å². The van der Waals surface area contributed by atoms with Gasteiger partial charge < -0.3 is 5.73 Å². The third kappa shape index (κ3) is 2.71. The summed E-state index contributed by atoms with van der Waals surface area (Å²) in [6, 6.07) is 1.27. The summed E-state index contributed by atoms with van der Waals surface area (Å²) in [6.45, 7) is 4.76. The van der Waals surface area contributed by atoms with E-state index in [1.54, 1.807) is 0 Å². The highest BCUT2D eigenvalue weighted by Crippen LogP contribution is 2.35. The van der Waals surface area contributed by atoms with Gasteiger partial charge in [-0.05, 0) is 38.1 Å². The molecule has 1 saturated carbocycles. The van der Waals surface area contributed by atoms with Crippen molar-refractivity contribution in [1.29, 1.82) is 0 Å². The fourth-order valence-electron chi connectivity index (χ4n) is 2.68. The van der Waals surface area contributed by atoms with Crippen molar-refractivity contribution in [1.82, 2.24) is 4.90 Å². The molecule has 14 heavy (non-hydrogen) atoms. The summed E-state index contributed by atoms with van der Waals surface area (Å²) in [7, 11) is 0. The minimum Gasteiger partial charge on any atom is -0.327 e. The van der Waals surface area contributed by atoms with Crippen LogP contribution in [0, 0.1) is 5.92 Å². The number of hydrogen-bond donors (Lipinski definition) is 1. The molecule has 0 radical (unpaired) electrons. The van der Waals surface area contributed by atoms with Crippen LogP contribution in [0.4, 0.5) is 0 Å². The van der Waals surface area contributed by atoms with Crippen molar-refractivity contribution in [3.8, 4) is 0 Å². The average Bonchev–Trinajstić information content (AvgIpc) is 2.98. The standard InChI is InChI=1S/C12H24N2/c1-2-12(8-10-5-6-10)14-7-3-4-11(13)9-14/h10-12H,2-9,13H2,1H3. The number of hydrogen-bond acceptors (Lipinski definition) is 2.